The third-order valence-electron chi connectivity index (χ3n) is 2.44. The molecule has 0 unspecified atom stereocenters. The van der Waals surface area contributed by atoms with Crippen molar-refractivity contribution in [3.05, 3.63) is 46.9 Å². The van der Waals surface area contributed by atoms with Gasteiger partial charge < -0.3 is 4.74 Å². The van der Waals surface area contributed by atoms with Crippen LogP contribution in [0.3, 0.4) is 0 Å². The first-order valence-corrected chi connectivity index (χ1v) is 5.67. The summed E-state index contributed by atoms with van der Waals surface area (Å²) in [7, 11) is 1.33. The number of esters is 1. The lowest BCUT2D eigenvalue weighted by molar-refractivity contribution is 0.0601. The fourth-order valence-corrected chi connectivity index (χ4v) is 1.81. The molecule has 2 heterocycles. The van der Waals surface area contributed by atoms with Crippen molar-refractivity contribution in [3.8, 4) is 11.3 Å². The Hall–Kier alpha value is -1.94. The number of pyridine rings is 2. The number of hydrogen-bond donors (Lipinski definition) is 0. The van der Waals surface area contributed by atoms with E-state index in [-0.39, 0.29) is 0 Å². The van der Waals surface area contributed by atoms with E-state index in [0.29, 0.717) is 22.0 Å². The Bertz CT molecular complexity index is 599. The predicted octanol–water partition coefficient (Wildman–Crippen LogP) is 2.89. The van der Waals surface area contributed by atoms with E-state index in [4.69, 9.17) is 16.3 Å². The first-order valence-electron chi connectivity index (χ1n) is 5.29. The van der Waals surface area contributed by atoms with Crippen LogP contribution in [0.2, 0.25) is 5.15 Å². The molecule has 2 aromatic rings. The van der Waals surface area contributed by atoms with Gasteiger partial charge in [0, 0.05) is 18.0 Å². The molecule has 0 N–H and O–H groups in total. The molecule has 0 amide bonds. The Morgan fingerprint density at radius 1 is 1.39 bits per heavy atom. The third kappa shape index (κ3) is 2.33. The molecule has 0 spiro atoms. The zero-order valence-corrected chi connectivity index (χ0v) is 10.7. The first-order chi connectivity index (χ1) is 8.63. The Morgan fingerprint density at radius 2 is 2.17 bits per heavy atom. The van der Waals surface area contributed by atoms with Gasteiger partial charge in [0.25, 0.3) is 0 Å². The minimum atomic E-state index is -0.448. The molecule has 2 aromatic heterocycles. The molecule has 4 nitrogen and oxygen atoms in total. The van der Waals surface area contributed by atoms with Crippen molar-refractivity contribution < 1.29 is 9.53 Å². The lowest BCUT2D eigenvalue weighted by atomic mass is 10.1. The molecule has 92 valence electrons. The predicted molar refractivity (Wildman–Crippen MR) is 68.6 cm³/mol. The Labute approximate surface area is 110 Å². The van der Waals surface area contributed by atoms with E-state index >= 15 is 0 Å². The number of methoxy groups -OCH3 is 1. The van der Waals surface area contributed by atoms with Crippen molar-refractivity contribution in [1.29, 1.82) is 0 Å². The van der Waals surface area contributed by atoms with Crippen LogP contribution in [0.4, 0.5) is 0 Å². The summed E-state index contributed by atoms with van der Waals surface area (Å²) in [5, 5.41) is 0.310. The van der Waals surface area contributed by atoms with Gasteiger partial charge in [-0.05, 0) is 30.7 Å². The molecule has 0 aliphatic carbocycles. The summed E-state index contributed by atoms with van der Waals surface area (Å²) in [4.78, 5) is 19.9. The van der Waals surface area contributed by atoms with Gasteiger partial charge in [-0.3, -0.25) is 4.98 Å². The number of ether oxygens (including phenoxy) is 1. The summed E-state index contributed by atoms with van der Waals surface area (Å²) in [5.74, 6) is -0.448. The van der Waals surface area contributed by atoms with Crippen LogP contribution in [0.5, 0.6) is 0 Å². The molecule has 0 bridgehead atoms. The van der Waals surface area contributed by atoms with Crippen LogP contribution >= 0.6 is 11.6 Å². The Balaban J connectivity index is 2.64. The minimum absolute atomic E-state index is 0.310. The SMILES string of the molecule is COC(=O)c1cccnc1-c1cc(C)cnc1Cl. The van der Waals surface area contributed by atoms with E-state index in [1.807, 2.05) is 13.0 Å². The summed E-state index contributed by atoms with van der Waals surface area (Å²) >= 11 is 6.05. The molecule has 2 rings (SSSR count). The smallest absolute Gasteiger partial charge is 0.340 e. The first kappa shape index (κ1) is 12.5. The highest BCUT2D eigenvalue weighted by molar-refractivity contribution is 6.32. The van der Waals surface area contributed by atoms with Crippen molar-refractivity contribution >= 4 is 17.6 Å². The van der Waals surface area contributed by atoms with E-state index in [1.165, 1.54) is 7.11 Å². The average molecular weight is 263 g/mol. The molecule has 0 saturated heterocycles. The second-order valence-electron chi connectivity index (χ2n) is 3.74. The van der Waals surface area contributed by atoms with Crippen molar-refractivity contribution in [2.45, 2.75) is 6.92 Å². The van der Waals surface area contributed by atoms with E-state index in [1.54, 1.807) is 24.5 Å². The number of halogens is 1. The molecule has 0 radical (unpaired) electrons. The highest BCUT2D eigenvalue weighted by atomic mass is 35.5. The van der Waals surface area contributed by atoms with Gasteiger partial charge in [0.2, 0.25) is 0 Å². The van der Waals surface area contributed by atoms with Gasteiger partial charge in [-0.2, -0.15) is 0 Å². The number of carbonyl (C=O) groups is 1. The number of hydrogen-bond acceptors (Lipinski definition) is 4. The van der Waals surface area contributed by atoms with Gasteiger partial charge in [0.1, 0.15) is 5.15 Å². The quantitative estimate of drug-likeness (QED) is 0.617. The molecule has 0 aliphatic heterocycles. The van der Waals surface area contributed by atoms with Gasteiger partial charge in [-0.25, -0.2) is 9.78 Å². The van der Waals surface area contributed by atoms with Crippen molar-refractivity contribution in [2.75, 3.05) is 7.11 Å². The number of nitrogens with zero attached hydrogens (tertiary/aromatic N) is 2. The van der Waals surface area contributed by atoms with Gasteiger partial charge in [0.05, 0.1) is 18.4 Å². The number of aryl methyl sites for hydroxylation is 1. The van der Waals surface area contributed by atoms with Gasteiger partial charge >= 0.3 is 5.97 Å². The highest BCUT2D eigenvalue weighted by Gasteiger charge is 2.16. The topological polar surface area (TPSA) is 52.1 Å². The normalized spacial score (nSPS) is 10.2. The number of aromatic nitrogens is 2. The fourth-order valence-electron chi connectivity index (χ4n) is 1.61. The van der Waals surface area contributed by atoms with Crippen LogP contribution in [0, 0.1) is 6.92 Å². The number of carbonyl (C=O) groups excluding carboxylic acids is 1. The van der Waals surface area contributed by atoms with E-state index in [9.17, 15) is 4.79 Å². The molecule has 0 fully saturated rings. The van der Waals surface area contributed by atoms with Crippen LogP contribution in [0.15, 0.2) is 30.6 Å². The zero-order chi connectivity index (χ0) is 13.1. The fraction of sp³-hybridized carbons (Fsp3) is 0.154. The maximum atomic E-state index is 11.7. The molecule has 5 heteroatoms. The highest BCUT2D eigenvalue weighted by Crippen LogP contribution is 2.28. The molecular formula is C13H11ClN2O2. The van der Waals surface area contributed by atoms with Crippen LogP contribution in [-0.4, -0.2) is 23.0 Å². The van der Waals surface area contributed by atoms with Gasteiger partial charge in [0.15, 0.2) is 0 Å². The van der Waals surface area contributed by atoms with Gasteiger partial charge in [-0.15, -0.1) is 0 Å². The summed E-state index contributed by atoms with van der Waals surface area (Å²) in [6.45, 7) is 1.90. The maximum absolute atomic E-state index is 11.7. The van der Waals surface area contributed by atoms with E-state index in [2.05, 4.69) is 9.97 Å². The summed E-state index contributed by atoms with van der Waals surface area (Å²) in [6, 6.07) is 5.16. The minimum Gasteiger partial charge on any atom is -0.465 e. The third-order valence-corrected chi connectivity index (χ3v) is 2.75. The van der Waals surface area contributed by atoms with E-state index < -0.39 is 5.97 Å². The lowest BCUT2D eigenvalue weighted by Gasteiger charge is -2.08. The molecule has 18 heavy (non-hydrogen) atoms. The monoisotopic (exact) mass is 262 g/mol. The molecule has 0 atom stereocenters. The second kappa shape index (κ2) is 5.14. The standard InChI is InChI=1S/C13H11ClN2O2/c1-8-6-10(12(14)16-7-8)11-9(13(17)18-2)4-3-5-15-11/h3-7H,1-2H3. The molecule has 0 aliphatic rings. The van der Waals surface area contributed by atoms with Crippen LogP contribution in [0.1, 0.15) is 15.9 Å². The summed E-state index contributed by atoms with van der Waals surface area (Å²) < 4.78 is 4.73. The van der Waals surface area contributed by atoms with Gasteiger partial charge in [-0.1, -0.05) is 11.6 Å². The summed E-state index contributed by atoms with van der Waals surface area (Å²) in [5.41, 5.74) is 2.41. The molecule has 0 saturated carbocycles. The van der Waals surface area contributed by atoms with Crippen molar-refractivity contribution in [3.63, 3.8) is 0 Å². The van der Waals surface area contributed by atoms with Crippen LogP contribution in [-0.2, 0) is 4.74 Å². The van der Waals surface area contributed by atoms with Crippen LogP contribution in [0.25, 0.3) is 11.3 Å². The zero-order valence-electron chi connectivity index (χ0n) is 9.98. The summed E-state index contributed by atoms with van der Waals surface area (Å²) in [6.07, 6.45) is 3.26. The van der Waals surface area contributed by atoms with Crippen LogP contribution < -0.4 is 0 Å². The largest absolute Gasteiger partial charge is 0.465 e. The average Bonchev–Trinajstić information content (AvgIpc) is 2.40. The Kier molecular flexibility index (Phi) is 3.58. The molecule has 0 aromatic carbocycles. The van der Waals surface area contributed by atoms with Crippen molar-refractivity contribution in [1.82, 2.24) is 9.97 Å². The lowest BCUT2D eigenvalue weighted by Crippen LogP contribution is -2.05. The number of rotatable bonds is 2. The van der Waals surface area contributed by atoms with E-state index in [0.717, 1.165) is 5.56 Å². The Morgan fingerprint density at radius 3 is 2.89 bits per heavy atom. The second-order valence-corrected chi connectivity index (χ2v) is 4.10. The maximum Gasteiger partial charge on any atom is 0.340 e. The molecular weight excluding hydrogens is 252 g/mol. The van der Waals surface area contributed by atoms with Crippen molar-refractivity contribution in [2.24, 2.45) is 0 Å².